The van der Waals surface area contributed by atoms with Gasteiger partial charge in [-0.25, -0.2) is 4.98 Å². The average molecular weight is 588 g/mol. The van der Waals surface area contributed by atoms with Crippen molar-refractivity contribution in [1.29, 1.82) is 0 Å². The maximum absolute atomic E-state index is 5.86. The molecule has 42 heavy (non-hydrogen) atoms. The summed E-state index contributed by atoms with van der Waals surface area (Å²) in [7, 11) is 5.91. The Kier molecular flexibility index (Phi) is 9.18. The van der Waals surface area contributed by atoms with E-state index in [0.717, 1.165) is 77.8 Å². The maximum atomic E-state index is 5.86. The Hall–Kier alpha value is -3.83. The quantitative estimate of drug-likeness (QED) is 0.212. The number of rotatable bonds is 10. The van der Waals surface area contributed by atoms with Gasteiger partial charge in [0.15, 0.2) is 0 Å². The van der Waals surface area contributed by atoms with Crippen LogP contribution in [0.2, 0.25) is 0 Å². The molecule has 1 aliphatic heterocycles. The van der Waals surface area contributed by atoms with E-state index in [2.05, 4.69) is 74.7 Å². The van der Waals surface area contributed by atoms with Crippen LogP contribution in [0.25, 0.3) is 11.0 Å². The fourth-order valence-corrected chi connectivity index (χ4v) is 5.63. The van der Waals surface area contributed by atoms with Crippen molar-refractivity contribution in [3.63, 3.8) is 0 Å². The smallest absolute Gasteiger partial charge is 0.229 e. The highest BCUT2D eigenvalue weighted by molar-refractivity contribution is 7.99. The maximum Gasteiger partial charge on any atom is 0.229 e. The third kappa shape index (κ3) is 6.17. The van der Waals surface area contributed by atoms with Crippen LogP contribution in [0.5, 0.6) is 5.75 Å². The van der Waals surface area contributed by atoms with E-state index >= 15 is 0 Å². The van der Waals surface area contributed by atoms with Gasteiger partial charge in [-0.3, -0.25) is 9.97 Å². The van der Waals surface area contributed by atoms with Crippen LogP contribution in [0.1, 0.15) is 37.8 Å². The van der Waals surface area contributed by atoms with Crippen LogP contribution in [0.3, 0.4) is 0 Å². The zero-order valence-electron chi connectivity index (χ0n) is 25.6. The van der Waals surface area contributed by atoms with Crippen LogP contribution in [-0.4, -0.2) is 78.5 Å². The number of aryl methyl sites for hydroxylation is 1. The minimum Gasteiger partial charge on any atom is -0.494 e. The molecule has 10 nitrogen and oxygen atoms in total. The van der Waals surface area contributed by atoms with Crippen molar-refractivity contribution in [3.05, 3.63) is 54.0 Å². The highest BCUT2D eigenvalue weighted by atomic mass is 32.2. The number of anilines is 6. The number of nitrogens with one attached hydrogen (secondary N) is 2. The summed E-state index contributed by atoms with van der Waals surface area (Å²) in [6.45, 7) is 10.6. The van der Waals surface area contributed by atoms with Gasteiger partial charge in [0.2, 0.25) is 5.95 Å². The minimum absolute atomic E-state index is 0.215. The number of nitrogens with zero attached hydrogens (tertiary/aromatic N) is 7. The Morgan fingerprint density at radius 2 is 1.79 bits per heavy atom. The molecule has 1 saturated heterocycles. The van der Waals surface area contributed by atoms with Gasteiger partial charge < -0.3 is 29.5 Å². The summed E-state index contributed by atoms with van der Waals surface area (Å²) in [5, 5.41) is 7.06. The van der Waals surface area contributed by atoms with Crippen molar-refractivity contribution >= 4 is 57.5 Å². The summed E-state index contributed by atoms with van der Waals surface area (Å²) in [4.78, 5) is 23.6. The summed E-state index contributed by atoms with van der Waals surface area (Å²) in [6.07, 6.45) is 8.29. The van der Waals surface area contributed by atoms with Gasteiger partial charge in [0.25, 0.3) is 0 Å². The molecule has 0 amide bonds. The molecule has 0 radical (unpaired) electrons. The normalized spacial score (nSPS) is 14.0. The molecule has 1 aliphatic rings. The number of benzene rings is 2. The highest BCUT2D eigenvalue weighted by Crippen LogP contribution is 2.39. The Morgan fingerprint density at radius 3 is 2.48 bits per heavy atom. The summed E-state index contributed by atoms with van der Waals surface area (Å²) >= 11 is 1.61. The highest BCUT2D eigenvalue weighted by Gasteiger charge is 2.21. The van der Waals surface area contributed by atoms with Gasteiger partial charge >= 0.3 is 0 Å². The van der Waals surface area contributed by atoms with E-state index in [-0.39, 0.29) is 5.92 Å². The van der Waals surface area contributed by atoms with E-state index in [9.17, 15) is 0 Å². The number of hydrogen-bond donors (Lipinski definition) is 2. The minimum atomic E-state index is 0.215. The first-order valence-corrected chi connectivity index (χ1v) is 15.6. The van der Waals surface area contributed by atoms with Crippen LogP contribution >= 0.6 is 11.9 Å². The van der Waals surface area contributed by atoms with Gasteiger partial charge in [-0.2, -0.15) is 4.98 Å². The molecular formula is C31H41N9OS. The number of ether oxygens (including phenoxy) is 1. The molecule has 0 aliphatic carbocycles. The van der Waals surface area contributed by atoms with E-state index in [0.29, 0.717) is 5.95 Å². The summed E-state index contributed by atoms with van der Waals surface area (Å²) < 4.78 is 7.95. The van der Waals surface area contributed by atoms with Crippen LogP contribution in [-0.2, 0) is 6.42 Å². The lowest BCUT2D eigenvalue weighted by Gasteiger charge is -2.35. The van der Waals surface area contributed by atoms with Gasteiger partial charge in [-0.1, -0.05) is 32.7 Å². The molecule has 1 fully saturated rings. The lowest BCUT2D eigenvalue weighted by molar-refractivity contribution is 0.312. The van der Waals surface area contributed by atoms with Gasteiger partial charge in [0.05, 0.1) is 29.7 Å². The molecule has 0 unspecified atom stereocenters. The van der Waals surface area contributed by atoms with Crippen molar-refractivity contribution in [2.45, 2.75) is 33.1 Å². The average Bonchev–Trinajstić information content (AvgIpc) is 3.00. The lowest BCUT2D eigenvalue weighted by atomic mass is 10.1. The van der Waals surface area contributed by atoms with Gasteiger partial charge in [-0.15, -0.1) is 0 Å². The van der Waals surface area contributed by atoms with Gasteiger partial charge in [0.1, 0.15) is 17.1 Å². The Bertz CT molecular complexity index is 1540. The van der Waals surface area contributed by atoms with E-state index in [4.69, 9.17) is 14.7 Å². The second-order valence-corrected chi connectivity index (χ2v) is 11.7. The zero-order valence-corrected chi connectivity index (χ0v) is 26.4. The third-order valence-electron chi connectivity index (χ3n) is 7.77. The number of fused-ring (bicyclic) bond motifs is 1. The predicted octanol–water partition coefficient (Wildman–Crippen LogP) is 6.07. The molecular weight excluding hydrogens is 546 g/mol. The topological polar surface area (TPSA) is 94.6 Å². The Morgan fingerprint density at radius 1 is 1.02 bits per heavy atom. The monoisotopic (exact) mass is 587 g/mol. The summed E-state index contributed by atoms with van der Waals surface area (Å²) in [5.74, 6) is 2.22. The third-order valence-corrected chi connectivity index (χ3v) is 8.50. The summed E-state index contributed by atoms with van der Waals surface area (Å²) in [6, 6.07) is 8.34. The van der Waals surface area contributed by atoms with E-state index in [1.54, 1.807) is 31.5 Å². The van der Waals surface area contributed by atoms with Gasteiger partial charge in [-0.05, 0) is 43.1 Å². The molecule has 5 rings (SSSR count). The fraction of sp³-hybridized carbons (Fsp3) is 0.419. The van der Waals surface area contributed by atoms with E-state index in [1.165, 1.54) is 11.3 Å². The van der Waals surface area contributed by atoms with Crippen molar-refractivity contribution in [1.82, 2.24) is 24.8 Å². The zero-order chi connectivity index (χ0) is 29.8. The molecule has 2 N–H and O–H groups in total. The molecule has 0 bridgehead atoms. The predicted molar refractivity (Wildman–Crippen MR) is 176 cm³/mol. The lowest BCUT2D eigenvalue weighted by Crippen LogP contribution is -2.44. The molecule has 222 valence electrons. The van der Waals surface area contributed by atoms with Crippen LogP contribution < -0.4 is 24.6 Å². The van der Waals surface area contributed by atoms with Crippen LogP contribution in [0.4, 0.5) is 34.5 Å². The van der Waals surface area contributed by atoms with Gasteiger partial charge in [0, 0.05) is 75.4 Å². The molecule has 2 aromatic carbocycles. The standard InChI is InChI=1S/C31H41N9OS/c1-8-21-17-25(27(41-6)18-26(21)40-15-13-38(4)14-16-40)36-31-34-19-22(20(2)3)30(37-31)35-24-10-9-23-28(33-12-11-32-23)29(24)39(5)42-7/h9-12,17-20H,8,13-16H2,1-7H3,(H2,34,35,36,37). The van der Waals surface area contributed by atoms with Crippen molar-refractivity contribution in [2.75, 3.05) is 73.5 Å². The van der Waals surface area contributed by atoms with E-state index < -0.39 is 0 Å². The van der Waals surface area contributed by atoms with Crippen LogP contribution in [0.15, 0.2) is 42.9 Å². The molecule has 11 heteroatoms. The molecule has 4 aromatic rings. The Balaban J connectivity index is 1.51. The van der Waals surface area contributed by atoms with E-state index in [1.807, 2.05) is 31.6 Å². The largest absolute Gasteiger partial charge is 0.494 e. The van der Waals surface area contributed by atoms with Crippen LogP contribution in [0, 0.1) is 0 Å². The SMILES string of the molecule is CCc1cc(Nc2ncc(C(C)C)c(Nc3ccc4nccnc4c3N(C)SC)n2)c(OC)cc1N1CCN(C)CC1. The number of likely N-dealkylation sites (N-methyl/N-ethyl adjacent to an activating group) is 1. The molecule has 0 atom stereocenters. The molecule has 3 heterocycles. The fourth-order valence-electron chi connectivity index (χ4n) is 5.26. The van der Waals surface area contributed by atoms with Crippen molar-refractivity contribution < 1.29 is 4.74 Å². The first kappa shape index (κ1) is 29.7. The molecule has 0 spiro atoms. The Labute approximate surface area is 253 Å². The first-order valence-electron chi connectivity index (χ1n) is 14.4. The first-order chi connectivity index (χ1) is 20.3. The number of aromatic nitrogens is 4. The number of piperazine rings is 1. The second-order valence-electron chi connectivity index (χ2n) is 10.8. The number of methoxy groups -OCH3 is 1. The second kappa shape index (κ2) is 13.0. The van der Waals surface area contributed by atoms with Crippen molar-refractivity contribution in [3.8, 4) is 5.75 Å². The van der Waals surface area contributed by atoms with Crippen molar-refractivity contribution in [2.24, 2.45) is 0 Å². The summed E-state index contributed by atoms with van der Waals surface area (Å²) in [5.41, 5.74) is 7.88. The molecule has 0 saturated carbocycles. The number of hydrogen-bond acceptors (Lipinski definition) is 11. The molecule has 2 aromatic heterocycles.